The van der Waals surface area contributed by atoms with Gasteiger partial charge in [0.15, 0.2) is 0 Å². The van der Waals surface area contributed by atoms with Gasteiger partial charge in [0, 0.05) is 35.1 Å². The molecule has 2 aromatic rings. The van der Waals surface area contributed by atoms with E-state index in [1.54, 1.807) is 30.6 Å². The number of hydrogen-bond acceptors (Lipinski definition) is 3. The van der Waals surface area contributed by atoms with Crippen LogP contribution in [0.5, 0.6) is 0 Å². The lowest BCUT2D eigenvalue weighted by Crippen LogP contribution is -2.46. The van der Waals surface area contributed by atoms with Crippen LogP contribution in [0.15, 0.2) is 57.9 Å². The number of benzene rings is 2. The second kappa shape index (κ2) is 10.5. The maximum absolute atomic E-state index is 12.9. The summed E-state index contributed by atoms with van der Waals surface area (Å²) in [6, 6.07) is 15.5. The lowest BCUT2D eigenvalue weighted by molar-refractivity contribution is -0.140. The van der Waals surface area contributed by atoms with Gasteiger partial charge in [0.05, 0.1) is 0 Å². The molecule has 0 aliphatic rings. The maximum Gasteiger partial charge on any atom is 0.242 e. The molecule has 0 radical (unpaired) electrons. The van der Waals surface area contributed by atoms with Crippen molar-refractivity contribution in [2.75, 3.05) is 12.8 Å². The van der Waals surface area contributed by atoms with Crippen molar-refractivity contribution in [3.8, 4) is 0 Å². The smallest absolute Gasteiger partial charge is 0.242 e. The van der Waals surface area contributed by atoms with Gasteiger partial charge >= 0.3 is 0 Å². The van der Waals surface area contributed by atoms with Crippen molar-refractivity contribution >= 4 is 39.5 Å². The lowest BCUT2D eigenvalue weighted by Gasteiger charge is -2.28. The third-order valence-corrected chi connectivity index (χ3v) is 5.77. The minimum absolute atomic E-state index is 0.0225. The van der Waals surface area contributed by atoms with Gasteiger partial charge in [0.2, 0.25) is 11.8 Å². The molecule has 1 atom stereocenters. The second-order valence-corrected chi connectivity index (χ2v) is 8.44. The number of likely N-dealkylation sites (N-methyl/N-ethyl adjacent to an activating group) is 1. The molecule has 144 valence electrons. The van der Waals surface area contributed by atoms with Crippen LogP contribution in [-0.4, -0.2) is 35.6 Å². The van der Waals surface area contributed by atoms with E-state index in [0.29, 0.717) is 18.7 Å². The molecule has 6 heteroatoms. The quantitative estimate of drug-likeness (QED) is 0.608. The molecule has 0 fully saturated rings. The van der Waals surface area contributed by atoms with E-state index in [-0.39, 0.29) is 11.8 Å². The summed E-state index contributed by atoms with van der Waals surface area (Å²) in [7, 11) is 1.59. The van der Waals surface area contributed by atoms with Crippen LogP contribution in [0.3, 0.4) is 0 Å². The highest BCUT2D eigenvalue weighted by Crippen LogP contribution is 2.21. The van der Waals surface area contributed by atoms with Gasteiger partial charge in [-0.25, -0.2) is 0 Å². The predicted octanol–water partition coefficient (Wildman–Crippen LogP) is 4.40. The van der Waals surface area contributed by atoms with Crippen molar-refractivity contribution < 1.29 is 9.59 Å². The third-order valence-electron chi connectivity index (χ3n) is 4.26. The summed E-state index contributed by atoms with van der Waals surface area (Å²) in [6.07, 6.45) is 0.383. The van der Waals surface area contributed by atoms with Gasteiger partial charge in [-0.3, -0.25) is 9.59 Å². The summed E-state index contributed by atoms with van der Waals surface area (Å²) < 4.78 is 0.954. The average Bonchev–Trinajstić information content (AvgIpc) is 2.66. The summed E-state index contributed by atoms with van der Waals surface area (Å²) in [4.78, 5) is 27.8. The Labute approximate surface area is 173 Å². The summed E-state index contributed by atoms with van der Waals surface area (Å²) in [6.45, 7) is 4.22. The fraction of sp³-hybridized carbons (Fsp3) is 0.333. The summed E-state index contributed by atoms with van der Waals surface area (Å²) in [5.74, 6) is 0.493. The zero-order valence-corrected chi connectivity index (χ0v) is 18.3. The zero-order valence-electron chi connectivity index (χ0n) is 15.9. The van der Waals surface area contributed by atoms with Crippen LogP contribution in [0, 0.1) is 6.92 Å². The highest BCUT2D eigenvalue weighted by molar-refractivity contribution is 9.10. The largest absolute Gasteiger partial charge is 0.357 e. The number of aryl methyl sites for hydroxylation is 1. The van der Waals surface area contributed by atoms with E-state index in [4.69, 9.17) is 0 Å². The molecule has 2 aromatic carbocycles. The van der Waals surface area contributed by atoms with Crippen molar-refractivity contribution in [2.24, 2.45) is 0 Å². The molecule has 0 spiro atoms. The molecule has 1 N–H and O–H groups in total. The Balaban J connectivity index is 2.03. The number of hydrogen-bond donors (Lipinski definition) is 1. The van der Waals surface area contributed by atoms with Gasteiger partial charge in [-0.2, -0.15) is 0 Å². The van der Waals surface area contributed by atoms with Gasteiger partial charge in [-0.15, -0.1) is 11.8 Å². The molecule has 1 unspecified atom stereocenters. The first kappa shape index (κ1) is 21.5. The number of carbonyl (C=O) groups excluding carboxylic acids is 2. The molecule has 2 rings (SSSR count). The molecule has 0 aliphatic heterocycles. The van der Waals surface area contributed by atoms with Gasteiger partial charge in [-0.1, -0.05) is 45.8 Å². The fourth-order valence-corrected chi connectivity index (χ4v) is 3.95. The molecule has 0 bridgehead atoms. The molecular weight excluding hydrogens is 424 g/mol. The first-order chi connectivity index (χ1) is 12.9. The first-order valence-electron chi connectivity index (χ1n) is 8.85. The highest BCUT2D eigenvalue weighted by Gasteiger charge is 2.25. The lowest BCUT2D eigenvalue weighted by atomic mass is 10.1. The standard InChI is InChI=1S/C21H25BrN2O2S/c1-15-7-9-19(10-8-15)27-12-11-20(25)24(16(2)21(26)23-3)14-17-5-4-6-18(22)13-17/h4-10,13,16H,11-12,14H2,1-3H3,(H,23,26). The van der Waals surface area contributed by atoms with Crippen LogP contribution in [0.1, 0.15) is 24.5 Å². The third kappa shape index (κ3) is 6.70. The topological polar surface area (TPSA) is 49.4 Å². The molecule has 0 heterocycles. The second-order valence-electron chi connectivity index (χ2n) is 6.35. The van der Waals surface area contributed by atoms with Gasteiger partial charge in [0.1, 0.15) is 6.04 Å². The van der Waals surface area contributed by atoms with Crippen molar-refractivity contribution in [1.29, 1.82) is 0 Å². The Morgan fingerprint density at radius 1 is 1.19 bits per heavy atom. The van der Waals surface area contributed by atoms with Crippen molar-refractivity contribution in [3.05, 3.63) is 64.1 Å². The molecular formula is C21H25BrN2O2S. The van der Waals surface area contributed by atoms with E-state index in [1.165, 1.54) is 5.56 Å². The number of nitrogens with one attached hydrogen (secondary N) is 1. The van der Waals surface area contributed by atoms with Crippen LogP contribution in [0.25, 0.3) is 0 Å². The van der Waals surface area contributed by atoms with Crippen LogP contribution < -0.4 is 5.32 Å². The van der Waals surface area contributed by atoms with Crippen molar-refractivity contribution in [3.63, 3.8) is 0 Å². The average molecular weight is 449 g/mol. The molecule has 0 aromatic heterocycles. The number of amides is 2. The Kier molecular flexibility index (Phi) is 8.38. The van der Waals surface area contributed by atoms with E-state index < -0.39 is 6.04 Å². The number of thioether (sulfide) groups is 1. The maximum atomic E-state index is 12.9. The number of carbonyl (C=O) groups is 2. The summed E-state index contributed by atoms with van der Waals surface area (Å²) >= 11 is 5.11. The molecule has 0 saturated heterocycles. The van der Waals surface area contributed by atoms with E-state index in [2.05, 4.69) is 52.4 Å². The van der Waals surface area contributed by atoms with Gasteiger partial charge in [0.25, 0.3) is 0 Å². The number of halogens is 1. The molecule has 4 nitrogen and oxygen atoms in total. The van der Waals surface area contributed by atoms with Crippen LogP contribution >= 0.6 is 27.7 Å². The van der Waals surface area contributed by atoms with E-state index in [0.717, 1.165) is 14.9 Å². The van der Waals surface area contributed by atoms with Crippen molar-refractivity contribution in [1.82, 2.24) is 10.2 Å². The normalized spacial score (nSPS) is 11.7. The van der Waals surface area contributed by atoms with Crippen molar-refractivity contribution in [2.45, 2.75) is 37.8 Å². The Morgan fingerprint density at radius 2 is 1.89 bits per heavy atom. The Bertz CT molecular complexity index is 780. The monoisotopic (exact) mass is 448 g/mol. The summed E-state index contributed by atoms with van der Waals surface area (Å²) in [5.41, 5.74) is 2.20. The number of rotatable bonds is 8. The van der Waals surface area contributed by atoms with Crippen LogP contribution in [-0.2, 0) is 16.1 Å². The minimum Gasteiger partial charge on any atom is -0.357 e. The van der Waals surface area contributed by atoms with Gasteiger partial charge in [-0.05, 0) is 43.7 Å². The van der Waals surface area contributed by atoms with Crippen LogP contribution in [0.2, 0.25) is 0 Å². The zero-order chi connectivity index (χ0) is 19.8. The Morgan fingerprint density at radius 3 is 2.52 bits per heavy atom. The van der Waals surface area contributed by atoms with E-state index in [9.17, 15) is 9.59 Å². The predicted molar refractivity (Wildman–Crippen MR) is 115 cm³/mol. The molecule has 0 aliphatic carbocycles. The van der Waals surface area contributed by atoms with E-state index in [1.807, 2.05) is 24.3 Å². The molecule has 0 saturated carbocycles. The number of nitrogens with zero attached hydrogens (tertiary/aromatic N) is 1. The fourth-order valence-electron chi connectivity index (χ4n) is 2.66. The van der Waals surface area contributed by atoms with Gasteiger partial charge < -0.3 is 10.2 Å². The SMILES string of the molecule is CNC(=O)C(C)N(Cc1cccc(Br)c1)C(=O)CCSc1ccc(C)cc1. The molecule has 27 heavy (non-hydrogen) atoms. The highest BCUT2D eigenvalue weighted by atomic mass is 79.9. The summed E-state index contributed by atoms with van der Waals surface area (Å²) in [5, 5.41) is 2.64. The first-order valence-corrected chi connectivity index (χ1v) is 10.6. The molecule has 2 amide bonds. The minimum atomic E-state index is -0.522. The van der Waals surface area contributed by atoms with Crippen LogP contribution in [0.4, 0.5) is 0 Å². The Hall–Kier alpha value is -1.79. The van der Waals surface area contributed by atoms with E-state index >= 15 is 0 Å².